The second-order valence-corrected chi connectivity index (χ2v) is 5.47. The quantitative estimate of drug-likeness (QED) is 0.349. The smallest absolute Gasteiger partial charge is 0.191 e. The van der Waals surface area contributed by atoms with Gasteiger partial charge in [-0.25, -0.2) is 0 Å². The molecule has 0 aliphatic heterocycles. The number of guanidine groups is 1. The van der Waals surface area contributed by atoms with Crippen LogP contribution in [0.25, 0.3) is 0 Å². The number of furan rings is 1. The van der Waals surface area contributed by atoms with Crippen LogP contribution in [0.2, 0.25) is 0 Å². The first-order valence-corrected chi connectivity index (χ1v) is 7.94. The third-order valence-corrected chi connectivity index (χ3v) is 3.02. The van der Waals surface area contributed by atoms with Crippen molar-refractivity contribution in [1.82, 2.24) is 10.6 Å². The molecule has 3 N–H and O–H groups in total. The highest BCUT2D eigenvalue weighted by Crippen LogP contribution is 2.12. The molecule has 0 spiro atoms. The van der Waals surface area contributed by atoms with Crippen LogP contribution in [0.4, 0.5) is 0 Å². The molecular weight excluding hydrogens is 282 g/mol. The van der Waals surface area contributed by atoms with Crippen molar-refractivity contribution < 1.29 is 14.3 Å². The van der Waals surface area contributed by atoms with Gasteiger partial charge in [0.25, 0.3) is 0 Å². The highest BCUT2D eigenvalue weighted by Gasteiger charge is 2.09. The molecule has 6 heteroatoms. The van der Waals surface area contributed by atoms with Gasteiger partial charge >= 0.3 is 0 Å². The van der Waals surface area contributed by atoms with Crippen LogP contribution in [0.1, 0.15) is 39.1 Å². The van der Waals surface area contributed by atoms with Crippen molar-refractivity contribution in [3.63, 3.8) is 0 Å². The van der Waals surface area contributed by atoms with E-state index in [2.05, 4.69) is 29.5 Å². The van der Waals surface area contributed by atoms with Crippen LogP contribution in [0, 0.1) is 5.92 Å². The lowest BCUT2D eigenvalue weighted by atomic mass is 10.1. The van der Waals surface area contributed by atoms with Gasteiger partial charge in [0.05, 0.1) is 19.4 Å². The molecule has 0 aliphatic carbocycles. The fourth-order valence-electron chi connectivity index (χ4n) is 1.75. The number of aliphatic hydroxyl groups excluding tert-OH is 1. The van der Waals surface area contributed by atoms with Gasteiger partial charge in [-0.15, -0.1) is 0 Å². The molecule has 0 amide bonds. The highest BCUT2D eigenvalue weighted by atomic mass is 16.5. The molecular formula is C16H29N3O3. The van der Waals surface area contributed by atoms with Crippen LogP contribution in [0.3, 0.4) is 0 Å². The van der Waals surface area contributed by atoms with E-state index in [1.165, 1.54) is 0 Å². The predicted octanol–water partition coefficient (Wildman–Crippen LogP) is 1.93. The van der Waals surface area contributed by atoms with E-state index in [0.717, 1.165) is 19.6 Å². The lowest BCUT2D eigenvalue weighted by molar-refractivity contribution is 0.128. The van der Waals surface area contributed by atoms with Crippen molar-refractivity contribution in [2.24, 2.45) is 10.9 Å². The zero-order chi connectivity index (χ0) is 16.2. The predicted molar refractivity (Wildman–Crippen MR) is 87.9 cm³/mol. The third kappa shape index (κ3) is 8.05. The summed E-state index contributed by atoms with van der Waals surface area (Å²) in [7, 11) is 0. The van der Waals surface area contributed by atoms with Crippen molar-refractivity contribution >= 4 is 5.96 Å². The van der Waals surface area contributed by atoms with Crippen molar-refractivity contribution in [2.75, 3.05) is 32.8 Å². The SMILES string of the molecule is CCNC(=NCC(O)c1ccco1)NCCOCCC(C)C. The summed E-state index contributed by atoms with van der Waals surface area (Å²) in [6, 6.07) is 3.49. The maximum absolute atomic E-state index is 9.94. The summed E-state index contributed by atoms with van der Waals surface area (Å²) in [5.41, 5.74) is 0. The number of ether oxygens (including phenoxy) is 1. The molecule has 126 valence electrons. The van der Waals surface area contributed by atoms with Gasteiger partial charge < -0.3 is 24.9 Å². The fraction of sp³-hybridized carbons (Fsp3) is 0.688. The van der Waals surface area contributed by atoms with Crippen LogP contribution in [0.15, 0.2) is 27.8 Å². The van der Waals surface area contributed by atoms with Crippen molar-refractivity contribution in [3.05, 3.63) is 24.2 Å². The Labute approximate surface area is 133 Å². The number of aliphatic imine (C=N–C) groups is 1. The molecule has 0 aromatic carbocycles. The van der Waals surface area contributed by atoms with Gasteiger partial charge in [0.2, 0.25) is 0 Å². The van der Waals surface area contributed by atoms with E-state index in [9.17, 15) is 5.11 Å². The fourth-order valence-corrected chi connectivity index (χ4v) is 1.75. The third-order valence-electron chi connectivity index (χ3n) is 3.02. The maximum atomic E-state index is 9.94. The Kier molecular flexibility index (Phi) is 9.34. The second-order valence-electron chi connectivity index (χ2n) is 5.47. The summed E-state index contributed by atoms with van der Waals surface area (Å²) >= 11 is 0. The van der Waals surface area contributed by atoms with Gasteiger partial charge in [0.1, 0.15) is 11.9 Å². The normalized spacial score (nSPS) is 13.4. The van der Waals surface area contributed by atoms with Crippen LogP contribution < -0.4 is 10.6 Å². The van der Waals surface area contributed by atoms with Crippen molar-refractivity contribution in [3.8, 4) is 0 Å². The minimum atomic E-state index is -0.729. The number of aliphatic hydroxyl groups is 1. The first kappa shape index (κ1) is 18.5. The Balaban J connectivity index is 2.27. The zero-order valence-corrected chi connectivity index (χ0v) is 13.8. The summed E-state index contributed by atoms with van der Waals surface area (Å²) in [5.74, 6) is 1.85. The Hall–Kier alpha value is -1.53. The van der Waals surface area contributed by atoms with Gasteiger partial charge in [-0.1, -0.05) is 13.8 Å². The molecule has 1 heterocycles. The van der Waals surface area contributed by atoms with E-state index >= 15 is 0 Å². The number of rotatable bonds is 10. The minimum Gasteiger partial charge on any atom is -0.467 e. The van der Waals surface area contributed by atoms with Gasteiger partial charge in [0, 0.05) is 19.7 Å². The lowest BCUT2D eigenvalue weighted by Gasteiger charge is -2.13. The molecule has 0 saturated heterocycles. The standard InChI is InChI=1S/C16H29N3O3/c1-4-17-16(18-8-11-21-10-7-13(2)3)19-12-14(20)15-6-5-9-22-15/h5-6,9,13-14,20H,4,7-8,10-12H2,1-3H3,(H2,17,18,19). The summed E-state index contributed by atoms with van der Waals surface area (Å²) in [6.07, 6.45) is 1.89. The average molecular weight is 311 g/mol. The summed E-state index contributed by atoms with van der Waals surface area (Å²) in [6.45, 7) is 9.47. The van der Waals surface area contributed by atoms with E-state index in [1.807, 2.05) is 6.92 Å². The van der Waals surface area contributed by atoms with Gasteiger partial charge in [-0.05, 0) is 31.4 Å². The Bertz CT molecular complexity index is 405. The molecule has 1 aromatic rings. The highest BCUT2D eigenvalue weighted by molar-refractivity contribution is 5.79. The molecule has 1 rings (SSSR count). The largest absolute Gasteiger partial charge is 0.467 e. The molecule has 1 aromatic heterocycles. The van der Waals surface area contributed by atoms with Crippen LogP contribution >= 0.6 is 0 Å². The number of nitrogens with one attached hydrogen (secondary N) is 2. The van der Waals surface area contributed by atoms with E-state index in [0.29, 0.717) is 30.8 Å². The Morgan fingerprint density at radius 2 is 2.18 bits per heavy atom. The van der Waals surface area contributed by atoms with E-state index < -0.39 is 6.10 Å². The lowest BCUT2D eigenvalue weighted by Crippen LogP contribution is -2.39. The topological polar surface area (TPSA) is 79.0 Å². The number of hydrogen-bond acceptors (Lipinski definition) is 4. The van der Waals surface area contributed by atoms with Crippen LogP contribution in [0.5, 0.6) is 0 Å². The number of nitrogens with zero attached hydrogens (tertiary/aromatic N) is 1. The van der Waals surface area contributed by atoms with Crippen molar-refractivity contribution in [1.29, 1.82) is 0 Å². The van der Waals surface area contributed by atoms with Gasteiger partial charge in [0.15, 0.2) is 5.96 Å². The average Bonchev–Trinajstić information content (AvgIpc) is 3.01. The Morgan fingerprint density at radius 1 is 1.36 bits per heavy atom. The van der Waals surface area contributed by atoms with E-state index in [4.69, 9.17) is 9.15 Å². The molecule has 1 unspecified atom stereocenters. The molecule has 6 nitrogen and oxygen atoms in total. The zero-order valence-electron chi connectivity index (χ0n) is 13.8. The van der Waals surface area contributed by atoms with Gasteiger partial charge in [-0.2, -0.15) is 0 Å². The van der Waals surface area contributed by atoms with Crippen LogP contribution in [-0.2, 0) is 4.74 Å². The molecule has 1 atom stereocenters. The van der Waals surface area contributed by atoms with Crippen molar-refractivity contribution in [2.45, 2.75) is 33.3 Å². The second kappa shape index (κ2) is 11.1. The summed E-state index contributed by atoms with van der Waals surface area (Å²) in [5, 5.41) is 16.3. The minimum absolute atomic E-state index is 0.247. The molecule has 0 saturated carbocycles. The first-order valence-electron chi connectivity index (χ1n) is 7.94. The maximum Gasteiger partial charge on any atom is 0.191 e. The summed E-state index contributed by atoms with van der Waals surface area (Å²) in [4.78, 5) is 4.34. The number of hydrogen-bond donors (Lipinski definition) is 3. The summed E-state index contributed by atoms with van der Waals surface area (Å²) < 4.78 is 10.7. The Morgan fingerprint density at radius 3 is 2.82 bits per heavy atom. The van der Waals surface area contributed by atoms with E-state index in [1.54, 1.807) is 18.4 Å². The molecule has 0 radical (unpaired) electrons. The van der Waals surface area contributed by atoms with E-state index in [-0.39, 0.29) is 6.54 Å². The monoisotopic (exact) mass is 311 g/mol. The van der Waals surface area contributed by atoms with Crippen LogP contribution in [-0.4, -0.2) is 43.9 Å². The molecule has 22 heavy (non-hydrogen) atoms. The molecule has 0 fully saturated rings. The van der Waals surface area contributed by atoms with Gasteiger partial charge in [-0.3, -0.25) is 4.99 Å². The first-order chi connectivity index (χ1) is 10.6. The molecule has 0 aliphatic rings. The molecule has 0 bridgehead atoms.